The first kappa shape index (κ1) is 66.0. The molecule has 0 unspecified atom stereocenters. The number of unbranched alkanes of at least 4 members (excludes halogenated alkanes) is 16. The van der Waals surface area contributed by atoms with Crippen molar-refractivity contribution in [3.8, 4) is 11.5 Å². The fourth-order valence-corrected chi connectivity index (χ4v) is 6.82. The summed E-state index contributed by atoms with van der Waals surface area (Å²) in [5, 5.41) is 0. The molecule has 0 saturated heterocycles. The fourth-order valence-electron chi connectivity index (χ4n) is 6.82. The predicted octanol–water partition coefficient (Wildman–Crippen LogP) is 10.2. The first-order valence-corrected chi connectivity index (χ1v) is 27.1. The van der Waals surface area contributed by atoms with Gasteiger partial charge in [0.25, 0.3) is 0 Å². The summed E-state index contributed by atoms with van der Waals surface area (Å²) in [7, 11) is 1.64. The molecule has 412 valence electrons. The van der Waals surface area contributed by atoms with Gasteiger partial charge in [-0.25, -0.2) is 4.79 Å². The highest BCUT2D eigenvalue weighted by molar-refractivity contribution is 5.91. The van der Waals surface area contributed by atoms with Crippen molar-refractivity contribution in [2.75, 3.05) is 139 Å². The number of rotatable bonds is 55. The summed E-state index contributed by atoms with van der Waals surface area (Å²) in [6.45, 7) is 13.1. The Morgan fingerprint density at radius 2 is 0.704 bits per heavy atom. The van der Waals surface area contributed by atoms with Crippen LogP contribution in [-0.4, -0.2) is 157 Å². The quantitative estimate of drug-likeness (QED) is 0.0261. The number of hydrogen-bond donors (Lipinski definition) is 0. The maximum absolute atomic E-state index is 13.0. The van der Waals surface area contributed by atoms with Crippen LogP contribution >= 0.6 is 0 Å². The second-order valence-corrected chi connectivity index (χ2v) is 17.1. The van der Waals surface area contributed by atoms with Gasteiger partial charge in [-0.05, 0) is 56.7 Å². The van der Waals surface area contributed by atoms with E-state index in [2.05, 4.69) is 26.0 Å². The van der Waals surface area contributed by atoms with Crippen molar-refractivity contribution in [2.24, 2.45) is 0 Å². The van der Waals surface area contributed by atoms with Crippen LogP contribution in [-0.2, 0) is 61.7 Å². The van der Waals surface area contributed by atoms with E-state index in [0.29, 0.717) is 125 Å². The van der Waals surface area contributed by atoms with E-state index in [9.17, 15) is 14.4 Å². The van der Waals surface area contributed by atoms with Gasteiger partial charge in [0.2, 0.25) is 0 Å². The Balaban J connectivity index is 2.19. The Bertz CT molecular complexity index is 1380. The molecule has 0 aromatic heterocycles. The molecule has 0 amide bonds. The minimum atomic E-state index is -0.615. The number of methoxy groups -OCH3 is 1. The van der Waals surface area contributed by atoms with Crippen molar-refractivity contribution in [1.29, 1.82) is 0 Å². The van der Waals surface area contributed by atoms with Crippen molar-refractivity contribution in [2.45, 2.75) is 149 Å². The minimum Gasteiger partial charge on any atom is -0.460 e. The van der Waals surface area contributed by atoms with Gasteiger partial charge in [0.1, 0.15) is 6.61 Å². The molecule has 1 aromatic carbocycles. The number of carbonyl (C=O) groups excluding carboxylic acids is 3. The molecule has 0 bridgehead atoms. The van der Waals surface area contributed by atoms with Crippen molar-refractivity contribution in [1.82, 2.24) is 0 Å². The number of ether oxygens (including phenoxy) is 13. The van der Waals surface area contributed by atoms with Crippen LogP contribution in [0, 0.1) is 0 Å². The van der Waals surface area contributed by atoms with Crippen LogP contribution in [0.5, 0.6) is 11.5 Å². The number of esters is 3. The standard InChI is InChI=1S/C55H96O16/c1-4-6-8-10-12-13-14-15-16-17-18-19-20-22-24-26-54(57)71-52-49-50(27-28-51(52)70-53(56)25-23-21-11-9-7-5-2)55(58)69-48-47-68-46-45-67-44-43-66-42-41-65-40-39-64-38-37-63-36-35-62-34-33-61-32-31-60-30-29-59-3/h15-16,27-28,49H,4-14,17-26,29-48H2,1-3H3. The Morgan fingerprint density at radius 1 is 0.380 bits per heavy atom. The fraction of sp³-hybridized carbons (Fsp3) is 0.800. The molecule has 0 aliphatic carbocycles. The molecule has 71 heavy (non-hydrogen) atoms. The second-order valence-electron chi connectivity index (χ2n) is 17.1. The average Bonchev–Trinajstić information content (AvgIpc) is 3.37. The molecule has 0 aliphatic rings. The van der Waals surface area contributed by atoms with Gasteiger partial charge in [0.05, 0.1) is 131 Å². The Morgan fingerprint density at radius 3 is 1.08 bits per heavy atom. The van der Waals surface area contributed by atoms with E-state index in [4.69, 9.17) is 61.6 Å². The minimum absolute atomic E-state index is 0.0146. The summed E-state index contributed by atoms with van der Waals surface area (Å²) >= 11 is 0. The zero-order chi connectivity index (χ0) is 51.2. The molecule has 0 fully saturated rings. The molecule has 16 heteroatoms. The van der Waals surface area contributed by atoms with E-state index < -0.39 is 17.9 Å². The highest BCUT2D eigenvalue weighted by Crippen LogP contribution is 2.30. The van der Waals surface area contributed by atoms with Crippen LogP contribution in [0.25, 0.3) is 0 Å². The maximum Gasteiger partial charge on any atom is 0.338 e. The lowest BCUT2D eigenvalue weighted by molar-refractivity contribution is -0.137. The van der Waals surface area contributed by atoms with Gasteiger partial charge in [0, 0.05) is 20.0 Å². The van der Waals surface area contributed by atoms with Crippen LogP contribution in [0.2, 0.25) is 0 Å². The lowest BCUT2D eigenvalue weighted by Gasteiger charge is -2.13. The van der Waals surface area contributed by atoms with Crippen LogP contribution in [0.1, 0.15) is 159 Å². The summed E-state index contributed by atoms with van der Waals surface area (Å²) in [6, 6.07) is 4.37. The molecule has 0 aliphatic heterocycles. The predicted molar refractivity (Wildman–Crippen MR) is 275 cm³/mol. The monoisotopic (exact) mass is 1010 g/mol. The number of benzene rings is 1. The first-order valence-electron chi connectivity index (χ1n) is 27.1. The van der Waals surface area contributed by atoms with Crippen molar-refractivity contribution in [3.05, 3.63) is 35.9 Å². The zero-order valence-electron chi connectivity index (χ0n) is 44.4. The van der Waals surface area contributed by atoms with Crippen molar-refractivity contribution in [3.63, 3.8) is 0 Å². The van der Waals surface area contributed by atoms with E-state index in [1.54, 1.807) is 7.11 Å². The summed E-state index contributed by atoms with van der Waals surface area (Å²) in [6.07, 6.45) is 26.5. The van der Waals surface area contributed by atoms with E-state index in [1.807, 2.05) is 0 Å². The number of allylic oxidation sites excluding steroid dienone is 2. The van der Waals surface area contributed by atoms with Gasteiger partial charge < -0.3 is 61.6 Å². The molecule has 0 spiro atoms. The first-order chi connectivity index (χ1) is 35.0. The molecule has 1 aromatic rings. The molecule has 16 nitrogen and oxygen atoms in total. The third-order valence-electron chi connectivity index (χ3n) is 10.9. The number of hydrogen-bond acceptors (Lipinski definition) is 16. The van der Waals surface area contributed by atoms with Crippen LogP contribution in [0.3, 0.4) is 0 Å². The van der Waals surface area contributed by atoms with E-state index >= 15 is 0 Å². The highest BCUT2D eigenvalue weighted by atomic mass is 16.6. The lowest BCUT2D eigenvalue weighted by atomic mass is 10.1. The van der Waals surface area contributed by atoms with Crippen LogP contribution in [0.15, 0.2) is 30.4 Å². The number of carbonyl (C=O) groups is 3. The lowest BCUT2D eigenvalue weighted by Crippen LogP contribution is -2.16. The molecular weight excluding hydrogens is 917 g/mol. The molecular formula is C55H96O16. The molecule has 0 saturated carbocycles. The maximum atomic E-state index is 13.0. The highest BCUT2D eigenvalue weighted by Gasteiger charge is 2.18. The third-order valence-corrected chi connectivity index (χ3v) is 10.9. The van der Waals surface area contributed by atoms with E-state index in [-0.39, 0.29) is 43.1 Å². The molecule has 0 radical (unpaired) electrons. The second kappa shape index (κ2) is 53.3. The summed E-state index contributed by atoms with van der Waals surface area (Å²) in [5.74, 6) is -1.34. The van der Waals surface area contributed by atoms with Gasteiger partial charge in [-0.3, -0.25) is 9.59 Å². The van der Waals surface area contributed by atoms with E-state index in [0.717, 1.165) is 64.2 Å². The average molecular weight is 1010 g/mol. The summed E-state index contributed by atoms with van der Waals surface area (Å²) in [4.78, 5) is 38.6. The smallest absolute Gasteiger partial charge is 0.338 e. The topological polar surface area (TPSA) is 171 Å². The normalized spacial score (nSPS) is 11.5. The SMILES string of the molecule is CCCCCCCCC=CCCCCCCCC(=O)Oc1cc(C(=O)OCCOCCOCCOCCOCCOCCOCCOCCOCCOCCOC)ccc1OC(=O)CCCCCCCC. The molecule has 0 N–H and O–H groups in total. The van der Waals surface area contributed by atoms with Crippen LogP contribution < -0.4 is 9.47 Å². The summed E-state index contributed by atoms with van der Waals surface area (Å²) in [5.41, 5.74) is 0.168. The molecule has 0 heterocycles. The Hall–Kier alpha value is -3.03. The largest absolute Gasteiger partial charge is 0.460 e. The van der Waals surface area contributed by atoms with Gasteiger partial charge in [-0.15, -0.1) is 0 Å². The van der Waals surface area contributed by atoms with Crippen LogP contribution in [0.4, 0.5) is 0 Å². The molecule has 0 atom stereocenters. The van der Waals surface area contributed by atoms with Crippen molar-refractivity contribution >= 4 is 17.9 Å². The van der Waals surface area contributed by atoms with Gasteiger partial charge >= 0.3 is 17.9 Å². The van der Waals surface area contributed by atoms with Gasteiger partial charge in [-0.1, -0.05) is 109 Å². The Kier molecular flexibility index (Phi) is 49.5. The third kappa shape index (κ3) is 45.3. The van der Waals surface area contributed by atoms with Crippen molar-refractivity contribution < 1.29 is 76.0 Å². The zero-order valence-corrected chi connectivity index (χ0v) is 44.4. The van der Waals surface area contributed by atoms with Gasteiger partial charge in [-0.2, -0.15) is 0 Å². The molecule has 1 rings (SSSR count). The van der Waals surface area contributed by atoms with E-state index in [1.165, 1.54) is 69.6 Å². The van der Waals surface area contributed by atoms with Gasteiger partial charge in [0.15, 0.2) is 11.5 Å². The Labute approximate surface area is 428 Å². The summed E-state index contributed by atoms with van der Waals surface area (Å²) < 4.78 is 71.0.